The summed E-state index contributed by atoms with van der Waals surface area (Å²) in [5.41, 5.74) is 0.147. The second kappa shape index (κ2) is 6.75. The number of hydrogen-bond acceptors (Lipinski definition) is 3. The summed E-state index contributed by atoms with van der Waals surface area (Å²) >= 11 is 0. The van der Waals surface area contributed by atoms with E-state index in [0.717, 1.165) is 12.0 Å². The maximum absolute atomic E-state index is 12.3. The Morgan fingerprint density at radius 1 is 1.26 bits per heavy atom. The molecule has 2 rings (SSSR count). The fourth-order valence-electron chi connectivity index (χ4n) is 2.93. The van der Waals surface area contributed by atoms with Gasteiger partial charge >= 0.3 is 6.09 Å². The van der Waals surface area contributed by atoms with E-state index in [9.17, 15) is 9.90 Å². The van der Waals surface area contributed by atoms with Crippen molar-refractivity contribution in [3.05, 3.63) is 47.5 Å². The zero-order valence-electron chi connectivity index (χ0n) is 14.5. The maximum atomic E-state index is 12.3. The molecule has 0 aliphatic carbocycles. The lowest BCUT2D eigenvalue weighted by Gasteiger charge is -2.37. The van der Waals surface area contributed by atoms with Crippen LogP contribution >= 0.6 is 0 Å². The highest BCUT2D eigenvalue weighted by Crippen LogP contribution is 2.40. The minimum Gasteiger partial charge on any atom is -0.438 e. The van der Waals surface area contributed by atoms with Gasteiger partial charge in [-0.15, -0.1) is 0 Å². The highest BCUT2D eigenvalue weighted by molar-refractivity contribution is 5.72. The lowest BCUT2D eigenvalue weighted by molar-refractivity contribution is -0.138. The van der Waals surface area contributed by atoms with Crippen LogP contribution in [0.2, 0.25) is 0 Å². The average Bonchev–Trinajstić information content (AvgIpc) is 2.63. The minimum atomic E-state index is -1.31. The third-order valence-corrected chi connectivity index (χ3v) is 4.70. The summed E-state index contributed by atoms with van der Waals surface area (Å²) in [6.45, 7) is 7.99. The first kappa shape index (κ1) is 17.5. The molecule has 1 saturated heterocycles. The van der Waals surface area contributed by atoms with Gasteiger partial charge in [0.2, 0.25) is 0 Å². The number of cyclic esters (lactones) is 1. The first-order valence-electron chi connectivity index (χ1n) is 8.16. The van der Waals surface area contributed by atoms with E-state index >= 15 is 0 Å². The number of rotatable bonds is 6. The molecule has 1 aliphatic rings. The van der Waals surface area contributed by atoms with Crippen molar-refractivity contribution in [1.29, 1.82) is 0 Å². The summed E-state index contributed by atoms with van der Waals surface area (Å²) in [6.07, 6.45) is 3.72. The quantitative estimate of drug-likeness (QED) is 0.810. The smallest absolute Gasteiger partial charge is 0.412 e. The van der Waals surface area contributed by atoms with Gasteiger partial charge in [-0.1, -0.05) is 42.0 Å². The lowest BCUT2D eigenvalue weighted by atomic mass is 9.88. The van der Waals surface area contributed by atoms with Gasteiger partial charge in [0, 0.05) is 6.54 Å². The van der Waals surface area contributed by atoms with E-state index in [1.807, 2.05) is 51.1 Å². The fourth-order valence-corrected chi connectivity index (χ4v) is 2.93. The molecule has 0 spiro atoms. The number of aliphatic hydroxyl groups is 1. The summed E-state index contributed by atoms with van der Waals surface area (Å²) in [6, 6.07) is 9.94. The molecule has 1 fully saturated rings. The molecule has 126 valence electrons. The molecule has 1 N–H and O–H groups in total. The zero-order chi connectivity index (χ0) is 17.1. The Morgan fingerprint density at radius 3 is 2.52 bits per heavy atom. The number of nitrogens with zero attached hydrogens (tertiary/aromatic N) is 1. The normalized spacial score (nSPS) is 27.0. The predicted molar refractivity (Wildman–Crippen MR) is 91.0 cm³/mol. The van der Waals surface area contributed by atoms with Crippen molar-refractivity contribution < 1.29 is 14.6 Å². The minimum absolute atomic E-state index is 0.439. The Balaban J connectivity index is 2.06. The van der Waals surface area contributed by atoms with Crippen molar-refractivity contribution in [1.82, 2.24) is 4.90 Å². The number of allylic oxidation sites excluding steroid dienone is 2. The highest BCUT2D eigenvalue weighted by Gasteiger charge is 2.58. The van der Waals surface area contributed by atoms with E-state index < -0.39 is 17.4 Å². The number of carbonyl (C=O) groups is 1. The number of carbonyl (C=O) groups excluding carboxylic acids is 1. The van der Waals surface area contributed by atoms with Crippen LogP contribution in [-0.2, 0) is 11.2 Å². The SMILES string of the molecule is CC(C)=CCC[C@@]1(C)OC(=O)N(CCc2ccccc2)[C@@]1(C)O. The van der Waals surface area contributed by atoms with E-state index in [0.29, 0.717) is 19.4 Å². The Kier molecular flexibility index (Phi) is 5.15. The predicted octanol–water partition coefficient (Wildman–Crippen LogP) is 3.89. The molecule has 1 aliphatic heterocycles. The number of amides is 1. The third-order valence-electron chi connectivity index (χ3n) is 4.70. The summed E-state index contributed by atoms with van der Waals surface area (Å²) in [7, 11) is 0. The van der Waals surface area contributed by atoms with Crippen LogP contribution in [0.4, 0.5) is 4.79 Å². The van der Waals surface area contributed by atoms with Crippen molar-refractivity contribution >= 4 is 6.09 Å². The van der Waals surface area contributed by atoms with Gasteiger partial charge in [-0.3, -0.25) is 4.90 Å². The summed E-state index contributed by atoms with van der Waals surface area (Å²) in [5.74, 6) is 0. The van der Waals surface area contributed by atoms with Gasteiger partial charge in [0.1, 0.15) is 0 Å². The summed E-state index contributed by atoms with van der Waals surface area (Å²) in [5, 5.41) is 10.9. The molecule has 0 unspecified atom stereocenters. The van der Waals surface area contributed by atoms with Gasteiger partial charge < -0.3 is 9.84 Å². The molecule has 4 nitrogen and oxygen atoms in total. The van der Waals surface area contributed by atoms with E-state index in [2.05, 4.69) is 6.08 Å². The molecule has 0 saturated carbocycles. The first-order valence-corrected chi connectivity index (χ1v) is 8.16. The van der Waals surface area contributed by atoms with Crippen molar-refractivity contribution in [3.8, 4) is 0 Å². The second-order valence-corrected chi connectivity index (χ2v) is 6.83. The van der Waals surface area contributed by atoms with Crippen LogP contribution in [0.5, 0.6) is 0 Å². The molecule has 1 aromatic carbocycles. The van der Waals surface area contributed by atoms with E-state index in [-0.39, 0.29) is 0 Å². The second-order valence-electron chi connectivity index (χ2n) is 6.83. The largest absolute Gasteiger partial charge is 0.438 e. The molecule has 4 heteroatoms. The first-order chi connectivity index (χ1) is 10.8. The molecule has 0 bridgehead atoms. The van der Waals surface area contributed by atoms with Gasteiger partial charge in [-0.25, -0.2) is 4.79 Å². The molecule has 23 heavy (non-hydrogen) atoms. The molecule has 0 aromatic heterocycles. The summed E-state index contributed by atoms with van der Waals surface area (Å²) < 4.78 is 5.55. The van der Waals surface area contributed by atoms with Crippen LogP contribution in [0.1, 0.15) is 46.1 Å². The van der Waals surface area contributed by atoms with Crippen molar-refractivity contribution in [2.24, 2.45) is 0 Å². The molecule has 1 aromatic rings. The molecule has 0 radical (unpaired) electrons. The monoisotopic (exact) mass is 317 g/mol. The Labute approximate surface area is 138 Å². The Bertz CT molecular complexity index is 576. The van der Waals surface area contributed by atoms with Crippen molar-refractivity contribution in [2.75, 3.05) is 6.54 Å². The zero-order valence-corrected chi connectivity index (χ0v) is 14.5. The van der Waals surface area contributed by atoms with E-state index in [1.54, 1.807) is 6.92 Å². The molecule has 1 amide bonds. The topological polar surface area (TPSA) is 49.8 Å². The van der Waals surface area contributed by atoms with Gasteiger partial charge in [0.05, 0.1) is 0 Å². The van der Waals surface area contributed by atoms with Gasteiger partial charge in [-0.05, 0) is 52.5 Å². The lowest BCUT2D eigenvalue weighted by Crippen LogP contribution is -2.55. The standard InChI is InChI=1S/C19H27NO3/c1-15(2)9-8-13-18(3)19(4,22)20(17(21)23-18)14-12-16-10-6-5-7-11-16/h5-7,9-11,22H,8,12-14H2,1-4H3/t18-,19+/m1/s1. The Hall–Kier alpha value is -1.81. The number of ether oxygens (including phenoxy) is 1. The van der Waals surface area contributed by atoms with Gasteiger partial charge in [-0.2, -0.15) is 0 Å². The van der Waals surface area contributed by atoms with E-state index in [1.165, 1.54) is 10.5 Å². The number of benzene rings is 1. The highest BCUT2D eigenvalue weighted by atomic mass is 16.6. The van der Waals surface area contributed by atoms with Crippen LogP contribution in [0, 0.1) is 0 Å². The van der Waals surface area contributed by atoms with Crippen LogP contribution in [0.25, 0.3) is 0 Å². The molecular weight excluding hydrogens is 290 g/mol. The maximum Gasteiger partial charge on any atom is 0.412 e. The van der Waals surface area contributed by atoms with Crippen LogP contribution in [0.15, 0.2) is 42.0 Å². The molecular formula is C19H27NO3. The summed E-state index contributed by atoms with van der Waals surface area (Å²) in [4.78, 5) is 13.7. The van der Waals surface area contributed by atoms with Gasteiger partial charge in [0.15, 0.2) is 11.3 Å². The average molecular weight is 317 g/mol. The fraction of sp³-hybridized carbons (Fsp3) is 0.526. The third kappa shape index (κ3) is 3.75. The van der Waals surface area contributed by atoms with Crippen LogP contribution in [0.3, 0.4) is 0 Å². The number of hydrogen-bond donors (Lipinski definition) is 1. The molecule has 2 atom stereocenters. The molecule has 1 heterocycles. The van der Waals surface area contributed by atoms with Crippen LogP contribution in [-0.4, -0.2) is 34.0 Å². The Morgan fingerprint density at radius 2 is 1.91 bits per heavy atom. The van der Waals surface area contributed by atoms with Crippen molar-refractivity contribution in [2.45, 2.75) is 58.3 Å². The van der Waals surface area contributed by atoms with Gasteiger partial charge in [0.25, 0.3) is 0 Å². The van der Waals surface area contributed by atoms with Crippen LogP contribution < -0.4 is 0 Å². The van der Waals surface area contributed by atoms with E-state index in [4.69, 9.17) is 4.74 Å². The van der Waals surface area contributed by atoms with Crippen molar-refractivity contribution in [3.63, 3.8) is 0 Å².